The molecule has 1 aliphatic rings. The van der Waals surface area contributed by atoms with Crippen molar-refractivity contribution in [3.63, 3.8) is 0 Å². The fraction of sp³-hybridized carbons (Fsp3) is 0.269. The molecule has 1 fully saturated rings. The lowest BCUT2D eigenvalue weighted by atomic mass is 9.67. The third-order valence-electron chi connectivity index (χ3n) is 6.38. The number of benzene rings is 2. The molecule has 1 aliphatic carbocycles. The highest BCUT2D eigenvalue weighted by molar-refractivity contribution is 5.75. The number of anilines is 2. The van der Waals surface area contributed by atoms with Gasteiger partial charge in [0.15, 0.2) is 5.58 Å². The summed E-state index contributed by atoms with van der Waals surface area (Å²) < 4.78 is 5.71. The second-order valence-electron chi connectivity index (χ2n) is 8.54. The molecule has 6 heteroatoms. The van der Waals surface area contributed by atoms with Crippen LogP contribution in [0.15, 0.2) is 71.3 Å². The number of aliphatic carboxylic acids is 1. The summed E-state index contributed by atoms with van der Waals surface area (Å²) in [4.78, 5) is 20.7. The SMILES string of the molecule is O=C(O)CC1(c2cccc(-c3ccc(Nc4nc5ccccc5o4)cn3)c2)CCCCC1. The third kappa shape index (κ3) is 4.08. The minimum atomic E-state index is -0.731. The van der Waals surface area contributed by atoms with Crippen molar-refractivity contribution in [1.29, 1.82) is 0 Å². The first-order valence-corrected chi connectivity index (χ1v) is 11.0. The molecule has 32 heavy (non-hydrogen) atoms. The zero-order valence-electron chi connectivity index (χ0n) is 17.8. The molecular weight excluding hydrogens is 402 g/mol. The summed E-state index contributed by atoms with van der Waals surface area (Å²) in [5, 5.41) is 12.7. The summed E-state index contributed by atoms with van der Waals surface area (Å²) in [6.07, 6.45) is 7.10. The van der Waals surface area contributed by atoms with Gasteiger partial charge in [-0.25, -0.2) is 0 Å². The number of para-hydroxylation sites is 2. The Morgan fingerprint density at radius 1 is 1.03 bits per heavy atom. The molecule has 0 bridgehead atoms. The Hall–Kier alpha value is -3.67. The summed E-state index contributed by atoms with van der Waals surface area (Å²) >= 11 is 0. The number of oxazole rings is 1. The average Bonchev–Trinajstić information content (AvgIpc) is 3.22. The number of rotatable bonds is 6. The molecule has 0 spiro atoms. The largest absolute Gasteiger partial charge is 0.481 e. The van der Waals surface area contributed by atoms with E-state index in [9.17, 15) is 9.90 Å². The molecule has 162 valence electrons. The minimum Gasteiger partial charge on any atom is -0.481 e. The van der Waals surface area contributed by atoms with Gasteiger partial charge in [0.05, 0.1) is 24.0 Å². The van der Waals surface area contributed by atoms with Crippen molar-refractivity contribution in [3.05, 3.63) is 72.4 Å². The first-order valence-electron chi connectivity index (χ1n) is 11.0. The van der Waals surface area contributed by atoms with E-state index in [0.29, 0.717) is 6.01 Å². The molecule has 0 atom stereocenters. The predicted octanol–water partition coefficient (Wildman–Crippen LogP) is 6.31. The maximum absolute atomic E-state index is 11.6. The number of aromatic nitrogens is 2. The molecule has 0 saturated heterocycles. The monoisotopic (exact) mass is 427 g/mol. The van der Waals surface area contributed by atoms with Crippen molar-refractivity contribution in [2.45, 2.75) is 43.9 Å². The molecule has 2 aromatic carbocycles. The fourth-order valence-corrected chi connectivity index (χ4v) is 4.78. The van der Waals surface area contributed by atoms with Crippen LogP contribution >= 0.6 is 0 Å². The molecule has 0 amide bonds. The first kappa shape index (κ1) is 20.2. The molecule has 6 nitrogen and oxygen atoms in total. The van der Waals surface area contributed by atoms with Crippen molar-refractivity contribution < 1.29 is 14.3 Å². The van der Waals surface area contributed by atoms with Crippen molar-refractivity contribution in [2.24, 2.45) is 0 Å². The van der Waals surface area contributed by atoms with Crippen LogP contribution in [0.2, 0.25) is 0 Å². The standard InChI is InChI=1S/C26H25N3O3/c30-24(31)16-26(13-4-1-5-14-26)19-8-6-7-18(15-19)21-12-11-20(17-27-21)28-25-29-22-9-2-3-10-23(22)32-25/h2-3,6-12,15,17H,1,4-5,13-14,16H2,(H,28,29)(H,30,31). The Kier molecular flexibility index (Phi) is 5.35. The molecule has 0 aliphatic heterocycles. The van der Waals surface area contributed by atoms with E-state index in [2.05, 4.69) is 27.4 Å². The van der Waals surface area contributed by atoms with E-state index in [0.717, 1.165) is 59.3 Å². The van der Waals surface area contributed by atoms with Crippen LogP contribution < -0.4 is 5.32 Å². The van der Waals surface area contributed by atoms with E-state index in [1.807, 2.05) is 48.5 Å². The number of hydrogen-bond acceptors (Lipinski definition) is 5. The Balaban J connectivity index is 1.38. The molecule has 1 saturated carbocycles. The molecule has 5 rings (SSSR count). The summed E-state index contributed by atoms with van der Waals surface area (Å²) in [6, 6.07) is 20.2. The van der Waals surface area contributed by atoms with E-state index in [4.69, 9.17) is 4.42 Å². The van der Waals surface area contributed by atoms with Crippen LogP contribution in [0, 0.1) is 0 Å². The third-order valence-corrected chi connectivity index (χ3v) is 6.38. The molecule has 2 N–H and O–H groups in total. The lowest BCUT2D eigenvalue weighted by Gasteiger charge is -2.37. The Labute approximate surface area is 186 Å². The van der Waals surface area contributed by atoms with Gasteiger partial charge in [0.25, 0.3) is 6.01 Å². The number of carboxylic acid groups (broad SMARTS) is 1. The number of carbonyl (C=O) groups is 1. The van der Waals surface area contributed by atoms with Crippen LogP contribution in [0.3, 0.4) is 0 Å². The van der Waals surface area contributed by atoms with Gasteiger partial charge >= 0.3 is 5.97 Å². The zero-order valence-corrected chi connectivity index (χ0v) is 17.8. The fourth-order valence-electron chi connectivity index (χ4n) is 4.78. The van der Waals surface area contributed by atoms with Gasteiger partial charge in [-0.15, -0.1) is 0 Å². The highest BCUT2D eigenvalue weighted by Gasteiger charge is 2.36. The number of carboxylic acids is 1. The molecule has 2 heterocycles. The normalized spacial score (nSPS) is 15.5. The number of pyridine rings is 1. The van der Waals surface area contributed by atoms with Crippen LogP contribution in [-0.2, 0) is 10.2 Å². The van der Waals surface area contributed by atoms with E-state index in [-0.39, 0.29) is 11.8 Å². The van der Waals surface area contributed by atoms with Crippen molar-refractivity contribution >= 4 is 28.8 Å². The number of nitrogens with zero attached hydrogens (tertiary/aromatic N) is 2. The van der Waals surface area contributed by atoms with Gasteiger partial charge in [0.1, 0.15) is 5.52 Å². The maximum Gasteiger partial charge on any atom is 0.304 e. The van der Waals surface area contributed by atoms with Crippen LogP contribution in [0.5, 0.6) is 0 Å². The summed E-state index contributed by atoms with van der Waals surface area (Å²) in [6.45, 7) is 0. The zero-order chi connectivity index (χ0) is 22.0. The molecule has 2 aromatic heterocycles. The smallest absolute Gasteiger partial charge is 0.304 e. The van der Waals surface area contributed by atoms with Gasteiger partial charge < -0.3 is 14.8 Å². The lowest BCUT2D eigenvalue weighted by molar-refractivity contribution is -0.138. The molecular formula is C26H25N3O3. The van der Waals surface area contributed by atoms with Crippen LogP contribution in [-0.4, -0.2) is 21.0 Å². The van der Waals surface area contributed by atoms with Gasteiger partial charge in [-0.1, -0.05) is 49.6 Å². The molecule has 0 radical (unpaired) electrons. The lowest BCUT2D eigenvalue weighted by Crippen LogP contribution is -2.31. The highest BCUT2D eigenvalue weighted by atomic mass is 16.4. The second kappa shape index (κ2) is 8.46. The van der Waals surface area contributed by atoms with Gasteiger partial charge in [-0.05, 0) is 48.7 Å². The van der Waals surface area contributed by atoms with Gasteiger partial charge in [-0.2, -0.15) is 4.98 Å². The Bertz CT molecular complexity index is 1210. The van der Waals surface area contributed by atoms with E-state index in [1.165, 1.54) is 6.42 Å². The quantitative estimate of drug-likeness (QED) is 0.375. The van der Waals surface area contributed by atoms with Crippen molar-refractivity contribution in [1.82, 2.24) is 9.97 Å². The van der Waals surface area contributed by atoms with Crippen molar-refractivity contribution in [2.75, 3.05) is 5.32 Å². The number of fused-ring (bicyclic) bond motifs is 1. The van der Waals surface area contributed by atoms with E-state index in [1.54, 1.807) is 6.20 Å². The summed E-state index contributed by atoms with van der Waals surface area (Å²) in [5.74, 6) is -0.731. The van der Waals surface area contributed by atoms with E-state index >= 15 is 0 Å². The van der Waals surface area contributed by atoms with Crippen molar-refractivity contribution in [3.8, 4) is 11.3 Å². The average molecular weight is 428 g/mol. The highest BCUT2D eigenvalue weighted by Crippen LogP contribution is 2.43. The van der Waals surface area contributed by atoms with Crippen LogP contribution in [0.25, 0.3) is 22.4 Å². The number of nitrogens with one attached hydrogen (secondary N) is 1. The van der Waals surface area contributed by atoms with Crippen LogP contribution in [0.4, 0.5) is 11.7 Å². The summed E-state index contributed by atoms with van der Waals surface area (Å²) in [7, 11) is 0. The summed E-state index contributed by atoms with van der Waals surface area (Å²) in [5.41, 5.74) is 4.97. The Morgan fingerprint density at radius 3 is 2.62 bits per heavy atom. The molecule has 4 aromatic rings. The number of hydrogen-bond donors (Lipinski definition) is 2. The topological polar surface area (TPSA) is 88.2 Å². The van der Waals surface area contributed by atoms with Gasteiger partial charge in [0.2, 0.25) is 0 Å². The van der Waals surface area contributed by atoms with Gasteiger partial charge in [0, 0.05) is 11.0 Å². The van der Waals surface area contributed by atoms with Gasteiger partial charge in [-0.3, -0.25) is 9.78 Å². The Morgan fingerprint density at radius 2 is 1.88 bits per heavy atom. The first-order chi connectivity index (χ1) is 15.6. The van der Waals surface area contributed by atoms with Crippen LogP contribution in [0.1, 0.15) is 44.1 Å². The maximum atomic E-state index is 11.6. The van der Waals surface area contributed by atoms with E-state index < -0.39 is 5.97 Å². The molecule has 0 unspecified atom stereocenters. The predicted molar refractivity (Wildman–Crippen MR) is 124 cm³/mol. The second-order valence-corrected chi connectivity index (χ2v) is 8.54. The minimum absolute atomic E-state index is 0.178.